The molecule has 9 N–H and O–H groups in total. The van der Waals surface area contributed by atoms with Gasteiger partial charge < -0.3 is 55.6 Å². The predicted octanol–water partition coefficient (Wildman–Crippen LogP) is -1.60. The number of carboxylic acids is 4. The fraction of sp³-hybridized carbons (Fsp3) is 0.429. The predicted molar refractivity (Wildman–Crippen MR) is 147 cm³/mol. The molecule has 3 aliphatic rings. The molecule has 3 aliphatic heterocycles. The highest BCUT2D eigenvalue weighted by Gasteiger charge is 2.48. The van der Waals surface area contributed by atoms with Crippen LogP contribution in [0.15, 0.2) is 35.6 Å². The van der Waals surface area contributed by atoms with Crippen molar-refractivity contribution < 1.29 is 83.6 Å². The minimum Gasteiger partial charge on any atom is -0.504 e. The van der Waals surface area contributed by atoms with Crippen LogP contribution in [0.4, 0.5) is 5.69 Å². The minimum atomic E-state index is -1.94. The lowest BCUT2D eigenvalue weighted by Crippen LogP contribution is -2.60. The van der Waals surface area contributed by atoms with Gasteiger partial charge in [0.15, 0.2) is 17.7 Å². The molecule has 1 aromatic carbocycles. The van der Waals surface area contributed by atoms with Crippen molar-refractivity contribution in [2.24, 2.45) is 0 Å². The molecule has 1 fully saturated rings. The zero-order chi connectivity index (χ0) is 33.9. The molecule has 0 spiro atoms. The van der Waals surface area contributed by atoms with E-state index in [0.717, 1.165) is 6.07 Å². The van der Waals surface area contributed by atoms with Gasteiger partial charge in [-0.05, 0) is 24.1 Å². The van der Waals surface area contributed by atoms with Crippen LogP contribution in [0.1, 0.15) is 31.2 Å². The van der Waals surface area contributed by atoms with Crippen LogP contribution in [0.25, 0.3) is 0 Å². The first-order valence-corrected chi connectivity index (χ1v) is 13.8. The normalized spacial score (nSPS) is 28.9. The second-order valence-corrected chi connectivity index (χ2v) is 10.6. The number of fused-ring (bicyclic) bond motifs is 1. The Morgan fingerprint density at radius 3 is 2.26 bits per heavy atom. The molecule has 18 heteroatoms. The number of phenolic OH excluding ortho intramolecular Hbond substituents is 1. The topological polar surface area (TPSA) is 290 Å². The second kappa shape index (κ2) is 13.9. The third-order valence-electron chi connectivity index (χ3n) is 7.34. The first-order chi connectivity index (χ1) is 21.7. The summed E-state index contributed by atoms with van der Waals surface area (Å²) in [6.45, 7) is 0. The summed E-state index contributed by atoms with van der Waals surface area (Å²) >= 11 is 0. The summed E-state index contributed by atoms with van der Waals surface area (Å²) in [6.07, 6.45) is -6.50. The van der Waals surface area contributed by atoms with Gasteiger partial charge in [0.2, 0.25) is 18.3 Å². The van der Waals surface area contributed by atoms with Crippen molar-refractivity contribution >= 4 is 41.7 Å². The molecule has 4 rings (SSSR count). The molecule has 2 unspecified atom stereocenters. The summed E-state index contributed by atoms with van der Waals surface area (Å²) in [5.41, 5.74) is 0.438. The average molecular weight is 652 g/mol. The molecule has 46 heavy (non-hydrogen) atoms. The molecule has 0 aliphatic carbocycles. The van der Waals surface area contributed by atoms with Gasteiger partial charge in [-0.25, -0.2) is 14.4 Å². The van der Waals surface area contributed by atoms with E-state index in [1.54, 1.807) is 0 Å². The van der Waals surface area contributed by atoms with Crippen LogP contribution in [-0.2, 0) is 39.9 Å². The van der Waals surface area contributed by atoms with E-state index in [9.17, 15) is 59.7 Å². The van der Waals surface area contributed by atoms with Crippen molar-refractivity contribution in [1.29, 1.82) is 0 Å². The number of aromatic hydroxyl groups is 1. The molecule has 1 aromatic rings. The first kappa shape index (κ1) is 33.8. The van der Waals surface area contributed by atoms with Gasteiger partial charge in [0.05, 0.1) is 12.5 Å². The molecular formula is C28H31N2O16+. The van der Waals surface area contributed by atoms with Gasteiger partial charge in [0.1, 0.15) is 30.1 Å². The van der Waals surface area contributed by atoms with Crippen LogP contribution in [0.2, 0.25) is 0 Å². The highest BCUT2D eigenvalue weighted by atomic mass is 16.8. The van der Waals surface area contributed by atoms with Gasteiger partial charge in [-0.15, -0.1) is 0 Å². The van der Waals surface area contributed by atoms with Crippen LogP contribution >= 0.6 is 0 Å². The monoisotopic (exact) mass is 651 g/mol. The fourth-order valence-electron chi connectivity index (χ4n) is 5.00. The number of carboxylic acid groups (broad SMARTS) is 4. The largest absolute Gasteiger partial charge is 0.504 e. The number of carbonyl (C=O) groups is 5. The Hall–Kier alpha value is -5.04. The number of aliphatic hydroxyl groups excluding tert-OH is 3. The maximum absolute atomic E-state index is 12.1. The Morgan fingerprint density at radius 2 is 1.63 bits per heavy atom. The summed E-state index contributed by atoms with van der Waals surface area (Å²) < 4.78 is 17.1. The SMILES string of the molecule is O=C(O)CCCC(=O)O[C@H]1OC(Oc2cc3c(cc2O)[N+](=CC=C2C=C(C(=O)O)NC(C(=O)O)C2)[C@H](C(=O)O)C3)[C@H](O)[C@@H](O)[C@@H]1O. The van der Waals surface area contributed by atoms with Crippen molar-refractivity contribution in [2.45, 2.75) is 75.1 Å². The number of esters is 1. The quantitative estimate of drug-likeness (QED) is 0.0961. The number of benzene rings is 1. The first-order valence-electron chi connectivity index (χ1n) is 13.8. The number of ether oxygens (including phenoxy) is 3. The second-order valence-electron chi connectivity index (χ2n) is 10.6. The minimum absolute atomic E-state index is 0.0753. The standard InChI is InChI=1S/C28H30N2O16/c31-17-10-15-12(8-16(26(42)43)30(15)5-4-11-6-13(24(38)39)29-14(7-11)25(40)41)9-18(17)44-27-22(36)21(35)23(37)28(46-27)45-20(34)3-1-2-19(32)33/h4-6,9-10,14,16,21-23,27-28,35-37H,1-3,7-8H2,(H5,31,32,33,38,39,40,41,42,43)/p+1/t14?,16-,21+,22+,23-,27?,28-/m0/s1. The number of allylic oxidation sites excluding steroid dienone is 2. The molecule has 248 valence electrons. The van der Waals surface area contributed by atoms with Crippen LogP contribution in [0, 0.1) is 0 Å². The summed E-state index contributed by atoms with van der Waals surface area (Å²) in [7, 11) is 0. The Morgan fingerprint density at radius 1 is 0.935 bits per heavy atom. The molecule has 0 aromatic heterocycles. The van der Waals surface area contributed by atoms with E-state index in [1.807, 2.05) is 0 Å². The van der Waals surface area contributed by atoms with Gasteiger partial charge >= 0.3 is 29.8 Å². The Kier molecular flexibility index (Phi) is 10.3. The fourth-order valence-corrected chi connectivity index (χ4v) is 5.00. The van der Waals surface area contributed by atoms with Gasteiger partial charge in [-0.3, -0.25) is 14.3 Å². The van der Waals surface area contributed by atoms with E-state index in [2.05, 4.69) is 5.32 Å². The van der Waals surface area contributed by atoms with Crippen molar-refractivity contribution in [3.63, 3.8) is 0 Å². The number of nitrogens with one attached hydrogen (secondary N) is 1. The molecule has 3 heterocycles. The van der Waals surface area contributed by atoms with E-state index < -0.39 is 78.6 Å². The highest BCUT2D eigenvalue weighted by Crippen LogP contribution is 2.40. The lowest BCUT2D eigenvalue weighted by molar-refractivity contribution is -0.456. The molecule has 1 saturated heterocycles. The third kappa shape index (κ3) is 7.60. The Balaban J connectivity index is 1.57. The number of rotatable bonds is 11. The molecular weight excluding hydrogens is 620 g/mol. The summed E-state index contributed by atoms with van der Waals surface area (Å²) in [5, 5.41) is 81.3. The number of hydrogen-bond donors (Lipinski definition) is 9. The highest BCUT2D eigenvalue weighted by molar-refractivity contribution is 5.89. The summed E-state index contributed by atoms with van der Waals surface area (Å²) in [4.78, 5) is 57.8. The number of aliphatic carboxylic acids is 4. The maximum Gasteiger partial charge on any atom is 0.373 e. The zero-order valence-electron chi connectivity index (χ0n) is 23.8. The van der Waals surface area contributed by atoms with Gasteiger partial charge in [-0.2, -0.15) is 4.58 Å². The van der Waals surface area contributed by atoms with E-state index in [4.69, 9.17) is 19.3 Å². The Bertz CT molecular complexity index is 1520. The van der Waals surface area contributed by atoms with Crippen LogP contribution < -0.4 is 10.1 Å². The molecule has 7 atom stereocenters. The van der Waals surface area contributed by atoms with Crippen molar-refractivity contribution in [3.05, 3.63) is 41.1 Å². The number of carbonyl (C=O) groups excluding carboxylic acids is 1. The summed E-state index contributed by atoms with van der Waals surface area (Å²) in [5.74, 6) is -6.96. The van der Waals surface area contributed by atoms with Crippen LogP contribution in [0.3, 0.4) is 0 Å². The molecule has 0 saturated carbocycles. The third-order valence-corrected chi connectivity index (χ3v) is 7.34. The van der Waals surface area contributed by atoms with Crippen LogP contribution in [0.5, 0.6) is 11.5 Å². The van der Waals surface area contributed by atoms with Crippen molar-refractivity contribution in [2.75, 3.05) is 0 Å². The summed E-state index contributed by atoms with van der Waals surface area (Å²) in [6, 6.07) is -0.0584. The van der Waals surface area contributed by atoms with E-state index in [1.165, 1.54) is 29.0 Å². The smallest absolute Gasteiger partial charge is 0.373 e. The van der Waals surface area contributed by atoms with E-state index in [-0.39, 0.29) is 54.8 Å². The Labute approximate surface area is 258 Å². The van der Waals surface area contributed by atoms with E-state index in [0.29, 0.717) is 5.56 Å². The van der Waals surface area contributed by atoms with E-state index >= 15 is 0 Å². The van der Waals surface area contributed by atoms with Crippen LogP contribution in [-0.4, -0.2) is 124 Å². The molecule has 0 bridgehead atoms. The number of aliphatic hydroxyl groups is 3. The zero-order valence-corrected chi connectivity index (χ0v) is 23.8. The number of hydrogen-bond acceptors (Lipinski definition) is 13. The van der Waals surface area contributed by atoms with Crippen molar-refractivity contribution in [1.82, 2.24) is 5.32 Å². The maximum atomic E-state index is 12.1. The lowest BCUT2D eigenvalue weighted by Gasteiger charge is -2.39. The average Bonchev–Trinajstić information content (AvgIpc) is 3.34. The molecule has 18 nitrogen and oxygen atoms in total. The van der Waals surface area contributed by atoms with Gasteiger partial charge in [-0.1, -0.05) is 0 Å². The lowest BCUT2D eigenvalue weighted by atomic mass is 10.00. The van der Waals surface area contributed by atoms with Gasteiger partial charge in [0.25, 0.3) is 6.04 Å². The molecule has 0 radical (unpaired) electrons. The number of phenols is 1. The molecule has 0 amide bonds. The number of nitrogens with zero attached hydrogens (tertiary/aromatic N) is 1. The van der Waals surface area contributed by atoms with Gasteiger partial charge in [0, 0.05) is 30.9 Å². The van der Waals surface area contributed by atoms with Crippen molar-refractivity contribution in [3.8, 4) is 11.5 Å².